The van der Waals surface area contributed by atoms with Gasteiger partial charge in [0.2, 0.25) is 0 Å². The highest BCUT2D eigenvalue weighted by Gasteiger charge is 2.04. The minimum Gasteiger partial charge on any atom is -0.375 e. The minimum absolute atomic E-state index is 0.239. The second-order valence-electron chi connectivity index (χ2n) is 4.48. The lowest BCUT2D eigenvalue weighted by molar-refractivity contribution is 0.167. The molecule has 0 aliphatic carbocycles. The molecule has 2 rings (SSSR count). The Bertz CT molecular complexity index is 566. The highest BCUT2D eigenvalue weighted by Crippen LogP contribution is 2.24. The Kier molecular flexibility index (Phi) is 5.26. The Morgan fingerprint density at radius 1 is 1.40 bits per heavy atom. The lowest BCUT2D eigenvalue weighted by Crippen LogP contribution is -2.10. The van der Waals surface area contributed by atoms with Crippen LogP contribution in [0.15, 0.2) is 41.8 Å². The summed E-state index contributed by atoms with van der Waals surface area (Å²) in [6.45, 7) is 7.60. The summed E-state index contributed by atoms with van der Waals surface area (Å²) in [5.74, 6) is -0.239. The highest BCUT2D eigenvalue weighted by atomic mass is 32.1. The van der Waals surface area contributed by atoms with Gasteiger partial charge in [-0.3, -0.25) is 0 Å². The van der Waals surface area contributed by atoms with E-state index in [2.05, 4.69) is 16.9 Å². The molecule has 1 N–H and O–H groups in total. The van der Waals surface area contributed by atoms with Gasteiger partial charge in [0.15, 0.2) is 5.13 Å². The zero-order valence-electron chi connectivity index (χ0n) is 11.4. The van der Waals surface area contributed by atoms with Gasteiger partial charge in [0.05, 0.1) is 18.9 Å². The number of aromatic nitrogens is 1. The summed E-state index contributed by atoms with van der Waals surface area (Å²) >= 11 is 1.52. The molecular formula is C15H17FN2OS. The summed E-state index contributed by atoms with van der Waals surface area (Å²) in [5.41, 5.74) is 2.77. The van der Waals surface area contributed by atoms with Crippen LogP contribution in [-0.4, -0.2) is 24.7 Å². The van der Waals surface area contributed by atoms with Crippen LogP contribution in [0.2, 0.25) is 0 Å². The quantitative estimate of drug-likeness (QED) is 0.619. The van der Waals surface area contributed by atoms with Gasteiger partial charge in [-0.05, 0) is 31.2 Å². The Morgan fingerprint density at radius 2 is 2.15 bits per heavy atom. The molecule has 0 radical (unpaired) electrons. The molecule has 106 valence electrons. The van der Waals surface area contributed by atoms with Gasteiger partial charge in [-0.25, -0.2) is 9.37 Å². The van der Waals surface area contributed by atoms with Gasteiger partial charge >= 0.3 is 0 Å². The summed E-state index contributed by atoms with van der Waals surface area (Å²) in [7, 11) is 0. The zero-order valence-corrected chi connectivity index (χ0v) is 12.2. The van der Waals surface area contributed by atoms with Gasteiger partial charge in [-0.2, -0.15) is 0 Å². The second-order valence-corrected chi connectivity index (χ2v) is 5.34. The van der Waals surface area contributed by atoms with E-state index in [1.54, 1.807) is 12.1 Å². The Hall–Kier alpha value is -1.72. The lowest BCUT2D eigenvalue weighted by atomic mass is 10.2. The van der Waals surface area contributed by atoms with E-state index in [1.165, 1.54) is 23.5 Å². The third kappa shape index (κ3) is 4.43. The minimum atomic E-state index is -0.239. The van der Waals surface area contributed by atoms with E-state index >= 15 is 0 Å². The number of ether oxygens (including phenoxy) is 1. The van der Waals surface area contributed by atoms with Crippen LogP contribution in [0.5, 0.6) is 0 Å². The van der Waals surface area contributed by atoms with Gasteiger partial charge in [0.1, 0.15) is 5.82 Å². The molecule has 0 amide bonds. The van der Waals surface area contributed by atoms with Crippen LogP contribution < -0.4 is 5.32 Å². The van der Waals surface area contributed by atoms with E-state index in [9.17, 15) is 4.39 Å². The molecular weight excluding hydrogens is 275 g/mol. The van der Waals surface area contributed by atoms with E-state index in [0.717, 1.165) is 22.0 Å². The molecule has 0 aliphatic heterocycles. The zero-order chi connectivity index (χ0) is 14.4. The van der Waals surface area contributed by atoms with Gasteiger partial charge in [-0.1, -0.05) is 12.2 Å². The highest BCUT2D eigenvalue weighted by molar-refractivity contribution is 7.14. The molecule has 0 spiro atoms. The number of hydrogen-bond acceptors (Lipinski definition) is 4. The third-order valence-corrected chi connectivity index (χ3v) is 3.32. The molecule has 1 aromatic carbocycles. The largest absolute Gasteiger partial charge is 0.375 e. The van der Waals surface area contributed by atoms with E-state index in [4.69, 9.17) is 4.74 Å². The van der Waals surface area contributed by atoms with Crippen LogP contribution >= 0.6 is 11.3 Å². The fraction of sp³-hybridized carbons (Fsp3) is 0.267. The van der Waals surface area contributed by atoms with Gasteiger partial charge in [0.25, 0.3) is 0 Å². The van der Waals surface area contributed by atoms with Crippen molar-refractivity contribution in [3.8, 4) is 11.3 Å². The molecule has 1 aromatic heterocycles. The van der Waals surface area contributed by atoms with Crippen LogP contribution in [0.4, 0.5) is 9.52 Å². The SMILES string of the molecule is C=C(C)COCCNc1nc(-c2ccc(F)cc2)cs1. The number of anilines is 1. The predicted molar refractivity (Wildman–Crippen MR) is 81.6 cm³/mol. The summed E-state index contributed by atoms with van der Waals surface area (Å²) < 4.78 is 18.2. The number of benzene rings is 1. The van der Waals surface area contributed by atoms with E-state index in [1.807, 2.05) is 12.3 Å². The summed E-state index contributed by atoms with van der Waals surface area (Å²) in [4.78, 5) is 4.45. The first-order valence-corrected chi connectivity index (χ1v) is 7.20. The normalized spacial score (nSPS) is 10.5. The summed E-state index contributed by atoms with van der Waals surface area (Å²) in [5, 5.41) is 5.98. The summed E-state index contributed by atoms with van der Waals surface area (Å²) in [6, 6.07) is 6.33. The summed E-state index contributed by atoms with van der Waals surface area (Å²) in [6.07, 6.45) is 0. The molecule has 2 aromatic rings. The number of halogens is 1. The Morgan fingerprint density at radius 3 is 2.85 bits per heavy atom. The molecule has 0 saturated heterocycles. The average molecular weight is 292 g/mol. The Balaban J connectivity index is 1.83. The molecule has 0 unspecified atom stereocenters. The van der Waals surface area contributed by atoms with Gasteiger partial charge in [0, 0.05) is 17.5 Å². The van der Waals surface area contributed by atoms with Crippen molar-refractivity contribution in [3.05, 3.63) is 47.6 Å². The van der Waals surface area contributed by atoms with Crippen molar-refractivity contribution in [1.82, 2.24) is 4.98 Å². The van der Waals surface area contributed by atoms with Crippen molar-refractivity contribution in [2.24, 2.45) is 0 Å². The van der Waals surface area contributed by atoms with Crippen LogP contribution in [0.25, 0.3) is 11.3 Å². The van der Waals surface area contributed by atoms with E-state index in [-0.39, 0.29) is 5.82 Å². The number of nitrogens with one attached hydrogen (secondary N) is 1. The molecule has 0 saturated carbocycles. The van der Waals surface area contributed by atoms with Crippen LogP contribution in [0.1, 0.15) is 6.92 Å². The molecule has 1 heterocycles. The number of hydrogen-bond donors (Lipinski definition) is 1. The average Bonchev–Trinajstić information content (AvgIpc) is 2.87. The maximum absolute atomic E-state index is 12.9. The second kappa shape index (κ2) is 7.17. The maximum Gasteiger partial charge on any atom is 0.183 e. The maximum atomic E-state index is 12.9. The molecule has 3 nitrogen and oxygen atoms in total. The van der Waals surface area contributed by atoms with Crippen molar-refractivity contribution in [1.29, 1.82) is 0 Å². The molecule has 0 fully saturated rings. The topological polar surface area (TPSA) is 34.1 Å². The fourth-order valence-corrected chi connectivity index (χ4v) is 2.33. The van der Waals surface area contributed by atoms with Crippen LogP contribution in [0.3, 0.4) is 0 Å². The smallest absolute Gasteiger partial charge is 0.183 e. The first kappa shape index (κ1) is 14.7. The van der Waals surface area contributed by atoms with Crippen LogP contribution in [-0.2, 0) is 4.74 Å². The lowest BCUT2D eigenvalue weighted by Gasteiger charge is -2.04. The van der Waals surface area contributed by atoms with E-state index < -0.39 is 0 Å². The van der Waals surface area contributed by atoms with Crippen LogP contribution in [0, 0.1) is 5.82 Å². The molecule has 20 heavy (non-hydrogen) atoms. The number of rotatable bonds is 7. The van der Waals surface area contributed by atoms with Crippen molar-refractivity contribution >= 4 is 16.5 Å². The predicted octanol–water partition coefficient (Wildman–Crippen LogP) is 3.95. The standard InChI is InChI=1S/C15H17FN2OS/c1-11(2)9-19-8-7-17-15-18-14(10-20-15)12-3-5-13(16)6-4-12/h3-6,10H,1,7-9H2,2H3,(H,17,18). The van der Waals surface area contributed by atoms with E-state index in [0.29, 0.717) is 19.8 Å². The molecule has 0 aliphatic rings. The third-order valence-electron chi connectivity index (χ3n) is 2.52. The van der Waals surface area contributed by atoms with Crippen molar-refractivity contribution < 1.29 is 9.13 Å². The van der Waals surface area contributed by atoms with Gasteiger partial charge in [-0.15, -0.1) is 11.3 Å². The first-order chi connectivity index (χ1) is 9.65. The Labute approximate surface area is 122 Å². The fourth-order valence-electron chi connectivity index (χ4n) is 1.58. The van der Waals surface area contributed by atoms with Crippen molar-refractivity contribution in [2.75, 3.05) is 25.1 Å². The molecule has 0 bridgehead atoms. The number of thiazole rings is 1. The monoisotopic (exact) mass is 292 g/mol. The number of nitrogens with zero attached hydrogens (tertiary/aromatic N) is 1. The first-order valence-electron chi connectivity index (χ1n) is 6.32. The van der Waals surface area contributed by atoms with Crippen molar-refractivity contribution in [2.45, 2.75) is 6.92 Å². The van der Waals surface area contributed by atoms with Gasteiger partial charge < -0.3 is 10.1 Å². The van der Waals surface area contributed by atoms with Crippen molar-refractivity contribution in [3.63, 3.8) is 0 Å². The molecule has 0 atom stereocenters. The molecule has 5 heteroatoms.